The zero-order valence-electron chi connectivity index (χ0n) is 14.7. The van der Waals surface area contributed by atoms with Gasteiger partial charge in [0.2, 0.25) is 0 Å². The van der Waals surface area contributed by atoms with Crippen LogP contribution < -0.4 is 4.90 Å². The van der Waals surface area contributed by atoms with E-state index in [0.29, 0.717) is 24.9 Å². The van der Waals surface area contributed by atoms with Gasteiger partial charge in [-0.3, -0.25) is 4.90 Å². The number of hydrogen-bond donors (Lipinski definition) is 0. The molecule has 2 saturated heterocycles. The molecule has 0 N–H and O–H groups in total. The summed E-state index contributed by atoms with van der Waals surface area (Å²) < 4.78 is 37.9. The molecule has 0 aromatic heterocycles. The Balaban J connectivity index is 1.65. The minimum atomic E-state index is -4.09. The summed E-state index contributed by atoms with van der Waals surface area (Å²) in [6, 6.07) is 8.68. The van der Waals surface area contributed by atoms with Crippen molar-refractivity contribution in [1.82, 2.24) is 4.90 Å². The molecule has 2 aliphatic rings. The summed E-state index contributed by atoms with van der Waals surface area (Å²) in [6.45, 7) is 8.67. The number of nitrogens with zero attached hydrogens (tertiary/aromatic N) is 2. The van der Waals surface area contributed by atoms with Crippen LogP contribution in [0.25, 0.3) is 0 Å². The zero-order valence-corrected chi connectivity index (χ0v) is 14.7. The standard InChI is InChI=1S/C19H27F3N2/c1-18(2,3)16-4-6-17(7-5-16)24-11-14-8-15(12-24)10-23(9-14)13-19(20,21)22/h4-7,14-15H,8-13H2,1-3H3. The van der Waals surface area contributed by atoms with Crippen molar-refractivity contribution in [2.75, 3.05) is 37.6 Å². The van der Waals surface area contributed by atoms with Crippen LogP contribution in [0.4, 0.5) is 18.9 Å². The Hall–Kier alpha value is -1.23. The Kier molecular flexibility index (Phi) is 4.58. The molecule has 0 radical (unpaired) electrons. The van der Waals surface area contributed by atoms with Crippen LogP contribution in [-0.2, 0) is 5.41 Å². The van der Waals surface area contributed by atoms with Crippen molar-refractivity contribution in [2.24, 2.45) is 11.8 Å². The van der Waals surface area contributed by atoms with Crippen LogP contribution in [-0.4, -0.2) is 43.8 Å². The number of piperidine rings is 2. The third-order valence-corrected chi connectivity index (χ3v) is 5.16. The molecule has 0 amide bonds. The van der Waals surface area contributed by atoms with Crippen LogP contribution in [0.3, 0.4) is 0 Å². The van der Waals surface area contributed by atoms with Gasteiger partial charge in [0.05, 0.1) is 6.54 Å². The van der Waals surface area contributed by atoms with Crippen molar-refractivity contribution in [3.05, 3.63) is 29.8 Å². The van der Waals surface area contributed by atoms with Crippen molar-refractivity contribution < 1.29 is 13.2 Å². The van der Waals surface area contributed by atoms with Crippen molar-refractivity contribution in [1.29, 1.82) is 0 Å². The van der Waals surface area contributed by atoms with Gasteiger partial charge in [-0.05, 0) is 41.4 Å². The average Bonchev–Trinajstić information content (AvgIpc) is 2.43. The Morgan fingerprint density at radius 2 is 1.46 bits per heavy atom. The Labute approximate surface area is 142 Å². The molecule has 2 atom stereocenters. The Morgan fingerprint density at radius 3 is 1.92 bits per heavy atom. The molecular weight excluding hydrogens is 313 g/mol. The summed E-state index contributed by atoms with van der Waals surface area (Å²) in [6.07, 6.45) is -3.03. The highest BCUT2D eigenvalue weighted by atomic mass is 19.4. The zero-order chi connectivity index (χ0) is 17.5. The van der Waals surface area contributed by atoms with Crippen molar-refractivity contribution >= 4 is 5.69 Å². The molecule has 3 rings (SSSR count). The summed E-state index contributed by atoms with van der Waals surface area (Å²) >= 11 is 0. The SMILES string of the molecule is CC(C)(C)c1ccc(N2CC3CC(CN(CC(F)(F)F)C3)C2)cc1. The summed E-state index contributed by atoms with van der Waals surface area (Å²) in [7, 11) is 0. The molecule has 5 heteroatoms. The molecule has 1 aromatic rings. The van der Waals surface area contributed by atoms with Crippen molar-refractivity contribution in [3.63, 3.8) is 0 Å². The van der Waals surface area contributed by atoms with Crippen LogP contribution in [0, 0.1) is 11.8 Å². The van der Waals surface area contributed by atoms with Crippen molar-refractivity contribution in [2.45, 2.75) is 38.8 Å². The number of likely N-dealkylation sites (tertiary alicyclic amines) is 1. The molecule has 0 spiro atoms. The van der Waals surface area contributed by atoms with Gasteiger partial charge < -0.3 is 4.90 Å². The van der Waals surface area contributed by atoms with E-state index in [1.54, 1.807) is 4.90 Å². The fourth-order valence-electron chi connectivity index (χ4n) is 4.15. The lowest BCUT2D eigenvalue weighted by atomic mass is 9.84. The predicted octanol–water partition coefficient (Wildman–Crippen LogP) is 4.30. The van der Waals surface area contributed by atoms with Crippen LogP contribution in [0.5, 0.6) is 0 Å². The molecule has 2 aliphatic heterocycles. The average molecular weight is 340 g/mol. The smallest absolute Gasteiger partial charge is 0.371 e. The third-order valence-electron chi connectivity index (χ3n) is 5.16. The topological polar surface area (TPSA) is 6.48 Å². The van der Waals surface area contributed by atoms with E-state index < -0.39 is 12.7 Å². The first-order chi connectivity index (χ1) is 11.1. The number of halogens is 3. The number of benzene rings is 1. The van der Waals surface area contributed by atoms with Crippen LogP contribution in [0.1, 0.15) is 32.8 Å². The van der Waals surface area contributed by atoms with E-state index in [0.717, 1.165) is 19.5 Å². The van der Waals surface area contributed by atoms with Gasteiger partial charge in [0, 0.05) is 31.9 Å². The maximum atomic E-state index is 12.6. The van der Waals surface area contributed by atoms with Gasteiger partial charge in [-0.25, -0.2) is 0 Å². The Morgan fingerprint density at radius 1 is 0.917 bits per heavy atom. The minimum absolute atomic E-state index is 0.134. The van der Waals surface area contributed by atoms with E-state index in [9.17, 15) is 13.2 Å². The lowest BCUT2D eigenvalue weighted by Crippen LogP contribution is -2.54. The van der Waals surface area contributed by atoms with E-state index in [-0.39, 0.29) is 5.41 Å². The van der Waals surface area contributed by atoms with E-state index in [4.69, 9.17) is 0 Å². The van der Waals surface area contributed by atoms with Crippen LogP contribution >= 0.6 is 0 Å². The van der Waals surface area contributed by atoms with Gasteiger partial charge in [0.15, 0.2) is 0 Å². The number of rotatable bonds is 2. The van der Waals surface area contributed by atoms with E-state index in [1.807, 2.05) is 0 Å². The number of fused-ring (bicyclic) bond motifs is 2. The maximum Gasteiger partial charge on any atom is 0.401 e. The molecule has 2 fully saturated rings. The van der Waals surface area contributed by atoms with Gasteiger partial charge in [-0.2, -0.15) is 13.2 Å². The quantitative estimate of drug-likeness (QED) is 0.792. The molecule has 24 heavy (non-hydrogen) atoms. The van der Waals surface area contributed by atoms with E-state index in [1.165, 1.54) is 11.3 Å². The predicted molar refractivity (Wildman–Crippen MR) is 91.4 cm³/mol. The first-order valence-corrected chi connectivity index (χ1v) is 8.75. The molecule has 1 aromatic carbocycles. The normalized spacial score (nSPS) is 25.8. The number of hydrogen-bond acceptors (Lipinski definition) is 2. The summed E-state index contributed by atoms with van der Waals surface area (Å²) in [5.41, 5.74) is 2.64. The molecule has 2 unspecified atom stereocenters. The molecular formula is C19H27F3N2. The Bertz CT molecular complexity index is 545. The fourth-order valence-corrected chi connectivity index (χ4v) is 4.15. The molecule has 134 valence electrons. The summed E-state index contributed by atoms with van der Waals surface area (Å²) in [4.78, 5) is 3.95. The second kappa shape index (κ2) is 6.25. The fraction of sp³-hybridized carbons (Fsp3) is 0.684. The van der Waals surface area contributed by atoms with Crippen LogP contribution in [0.2, 0.25) is 0 Å². The number of anilines is 1. The highest BCUT2D eigenvalue weighted by molar-refractivity contribution is 5.49. The van der Waals surface area contributed by atoms with Crippen molar-refractivity contribution in [3.8, 4) is 0 Å². The van der Waals surface area contributed by atoms with Crippen LogP contribution in [0.15, 0.2) is 24.3 Å². The monoisotopic (exact) mass is 340 g/mol. The highest BCUT2D eigenvalue weighted by Crippen LogP contribution is 2.33. The van der Waals surface area contributed by atoms with E-state index >= 15 is 0 Å². The summed E-state index contributed by atoms with van der Waals surface area (Å²) in [5, 5.41) is 0. The van der Waals surface area contributed by atoms with Gasteiger partial charge in [0.1, 0.15) is 0 Å². The minimum Gasteiger partial charge on any atom is -0.371 e. The van der Waals surface area contributed by atoms with Gasteiger partial charge in [-0.1, -0.05) is 32.9 Å². The molecule has 0 saturated carbocycles. The first kappa shape index (κ1) is 17.6. The van der Waals surface area contributed by atoms with Gasteiger partial charge in [0.25, 0.3) is 0 Å². The van der Waals surface area contributed by atoms with Gasteiger partial charge in [-0.15, -0.1) is 0 Å². The molecule has 2 nitrogen and oxygen atoms in total. The lowest BCUT2D eigenvalue weighted by molar-refractivity contribution is -0.152. The second-order valence-corrected chi connectivity index (χ2v) is 8.48. The largest absolute Gasteiger partial charge is 0.401 e. The highest BCUT2D eigenvalue weighted by Gasteiger charge is 2.38. The van der Waals surface area contributed by atoms with E-state index in [2.05, 4.69) is 49.9 Å². The summed E-state index contributed by atoms with van der Waals surface area (Å²) in [5.74, 6) is 0.671. The molecule has 2 heterocycles. The maximum absolute atomic E-state index is 12.6. The lowest BCUT2D eigenvalue weighted by Gasteiger charge is -2.46. The molecule has 2 bridgehead atoms. The molecule has 0 aliphatic carbocycles. The second-order valence-electron chi connectivity index (χ2n) is 8.48. The first-order valence-electron chi connectivity index (χ1n) is 8.75. The third kappa shape index (κ3) is 4.24. The number of alkyl halides is 3. The van der Waals surface area contributed by atoms with Gasteiger partial charge >= 0.3 is 6.18 Å².